The quantitative estimate of drug-likeness (QED) is 0.741. The molecule has 3 aromatic rings. The van der Waals surface area contributed by atoms with Crippen LogP contribution < -0.4 is 5.32 Å². The Hall–Kier alpha value is -2.47. The minimum Gasteiger partial charge on any atom is -0.369 e. The summed E-state index contributed by atoms with van der Waals surface area (Å²) in [5, 5.41) is 7.72. The minimum atomic E-state index is -0.255. The average molecular weight is 367 g/mol. The number of rotatable bonds is 5. The summed E-state index contributed by atoms with van der Waals surface area (Å²) >= 11 is 0. The summed E-state index contributed by atoms with van der Waals surface area (Å²) in [6, 6.07) is 7.02. The van der Waals surface area contributed by atoms with Crippen LogP contribution >= 0.6 is 0 Å². The van der Waals surface area contributed by atoms with E-state index in [2.05, 4.69) is 27.2 Å². The highest BCUT2D eigenvalue weighted by Gasteiger charge is 2.16. The molecule has 1 aromatic carbocycles. The molecule has 0 saturated carbocycles. The van der Waals surface area contributed by atoms with Crippen molar-refractivity contribution in [1.82, 2.24) is 19.5 Å². The van der Waals surface area contributed by atoms with E-state index in [1.165, 1.54) is 32.0 Å². The predicted molar refractivity (Wildman–Crippen MR) is 106 cm³/mol. The van der Waals surface area contributed by atoms with E-state index in [4.69, 9.17) is 0 Å². The lowest BCUT2D eigenvalue weighted by Gasteiger charge is -2.30. The van der Waals surface area contributed by atoms with E-state index in [0.717, 1.165) is 30.4 Å². The van der Waals surface area contributed by atoms with Gasteiger partial charge < -0.3 is 10.2 Å². The summed E-state index contributed by atoms with van der Waals surface area (Å²) < 4.78 is 16.0. The molecular formula is C21H26FN5. The third kappa shape index (κ3) is 3.95. The largest absolute Gasteiger partial charge is 0.369 e. The van der Waals surface area contributed by atoms with Gasteiger partial charge in [0.1, 0.15) is 11.6 Å². The molecule has 0 amide bonds. The Balaban J connectivity index is 1.49. The molecule has 27 heavy (non-hydrogen) atoms. The number of aryl methyl sites for hydroxylation is 1. The van der Waals surface area contributed by atoms with E-state index in [1.807, 2.05) is 25.3 Å². The van der Waals surface area contributed by atoms with Crippen LogP contribution in [-0.4, -0.2) is 45.7 Å². The van der Waals surface area contributed by atoms with Crippen molar-refractivity contribution in [2.24, 2.45) is 5.92 Å². The Labute approximate surface area is 159 Å². The second-order valence-electron chi connectivity index (χ2n) is 7.57. The van der Waals surface area contributed by atoms with Gasteiger partial charge in [-0.25, -0.2) is 13.9 Å². The fourth-order valence-electron chi connectivity index (χ4n) is 3.63. The molecule has 5 nitrogen and oxygen atoms in total. The molecule has 142 valence electrons. The maximum atomic E-state index is 14.3. The van der Waals surface area contributed by atoms with Gasteiger partial charge in [0.05, 0.1) is 6.20 Å². The molecule has 1 aliphatic rings. The molecule has 0 unspecified atom stereocenters. The van der Waals surface area contributed by atoms with E-state index >= 15 is 0 Å². The van der Waals surface area contributed by atoms with Crippen molar-refractivity contribution in [3.63, 3.8) is 0 Å². The first-order valence-corrected chi connectivity index (χ1v) is 9.67. The van der Waals surface area contributed by atoms with E-state index in [-0.39, 0.29) is 5.82 Å². The molecule has 0 spiro atoms. The first-order valence-electron chi connectivity index (χ1n) is 9.67. The van der Waals surface area contributed by atoms with Gasteiger partial charge in [-0.3, -0.25) is 0 Å². The number of piperidine rings is 1. The van der Waals surface area contributed by atoms with Crippen LogP contribution in [0.1, 0.15) is 25.3 Å². The van der Waals surface area contributed by atoms with E-state index in [1.54, 1.807) is 16.8 Å². The number of halogens is 1. The number of aromatic nitrogens is 3. The van der Waals surface area contributed by atoms with E-state index < -0.39 is 0 Å². The number of hydrogen-bond acceptors (Lipinski definition) is 4. The summed E-state index contributed by atoms with van der Waals surface area (Å²) in [5.41, 5.74) is 2.93. The van der Waals surface area contributed by atoms with E-state index in [0.29, 0.717) is 16.8 Å². The summed E-state index contributed by atoms with van der Waals surface area (Å²) in [6.07, 6.45) is 6.11. The van der Waals surface area contributed by atoms with Crippen molar-refractivity contribution >= 4 is 11.5 Å². The average Bonchev–Trinajstić information content (AvgIpc) is 3.08. The zero-order valence-corrected chi connectivity index (χ0v) is 16.0. The van der Waals surface area contributed by atoms with Crippen LogP contribution in [0.4, 0.5) is 10.2 Å². The van der Waals surface area contributed by atoms with Gasteiger partial charge in [0.15, 0.2) is 5.65 Å². The fraction of sp³-hybridized carbons (Fsp3) is 0.429. The van der Waals surface area contributed by atoms with Crippen LogP contribution in [0.15, 0.2) is 36.7 Å². The Morgan fingerprint density at radius 3 is 2.81 bits per heavy atom. The molecule has 2 aromatic heterocycles. The van der Waals surface area contributed by atoms with Crippen molar-refractivity contribution in [3.8, 4) is 11.1 Å². The van der Waals surface area contributed by atoms with Crippen molar-refractivity contribution < 1.29 is 4.39 Å². The topological polar surface area (TPSA) is 45.5 Å². The third-order valence-electron chi connectivity index (χ3n) is 5.39. The molecule has 0 bridgehead atoms. The number of benzene rings is 1. The highest BCUT2D eigenvalue weighted by Crippen LogP contribution is 2.27. The first kappa shape index (κ1) is 17.9. The Kier molecular flexibility index (Phi) is 5.07. The zero-order valence-electron chi connectivity index (χ0n) is 16.0. The van der Waals surface area contributed by atoms with Gasteiger partial charge in [-0.15, -0.1) is 0 Å². The standard InChI is InChI=1S/C21H26FN5/c1-15-5-9-26(10-6-15)12-8-23-20-7-11-27-21(25-20)18(14-24-27)17-13-16(2)3-4-19(17)22/h3-4,7,11,13-15H,5-6,8-10,12H2,1-2H3,(H,23,25). The summed E-state index contributed by atoms with van der Waals surface area (Å²) in [4.78, 5) is 7.18. The number of nitrogens with zero attached hydrogens (tertiary/aromatic N) is 4. The third-order valence-corrected chi connectivity index (χ3v) is 5.39. The predicted octanol–water partition coefficient (Wildman–Crippen LogP) is 3.99. The Morgan fingerprint density at radius 2 is 2.00 bits per heavy atom. The second kappa shape index (κ2) is 7.64. The lowest BCUT2D eigenvalue weighted by atomic mass is 9.99. The van der Waals surface area contributed by atoms with Crippen LogP contribution in [0.2, 0.25) is 0 Å². The van der Waals surface area contributed by atoms with Crippen molar-refractivity contribution in [1.29, 1.82) is 0 Å². The molecule has 3 heterocycles. The van der Waals surface area contributed by atoms with Gasteiger partial charge in [-0.05, 0) is 57.0 Å². The van der Waals surface area contributed by atoms with Crippen molar-refractivity contribution in [3.05, 3.63) is 48.0 Å². The zero-order chi connectivity index (χ0) is 18.8. The number of anilines is 1. The maximum absolute atomic E-state index is 14.3. The Bertz CT molecular complexity index is 927. The SMILES string of the molecule is Cc1ccc(F)c(-c2cnn3ccc(NCCN4CCC(C)CC4)nc23)c1. The van der Waals surface area contributed by atoms with Crippen LogP contribution in [0, 0.1) is 18.7 Å². The van der Waals surface area contributed by atoms with Crippen LogP contribution in [0.5, 0.6) is 0 Å². The first-order chi connectivity index (χ1) is 13.1. The number of fused-ring (bicyclic) bond motifs is 1. The summed E-state index contributed by atoms with van der Waals surface area (Å²) in [5.74, 6) is 1.39. The molecule has 1 aliphatic heterocycles. The molecule has 4 rings (SSSR count). The van der Waals surface area contributed by atoms with Crippen LogP contribution in [-0.2, 0) is 0 Å². The second-order valence-corrected chi connectivity index (χ2v) is 7.57. The smallest absolute Gasteiger partial charge is 0.165 e. The Morgan fingerprint density at radius 1 is 1.19 bits per heavy atom. The van der Waals surface area contributed by atoms with Gasteiger partial charge in [-0.1, -0.05) is 18.6 Å². The lowest BCUT2D eigenvalue weighted by Crippen LogP contribution is -2.36. The lowest BCUT2D eigenvalue weighted by molar-refractivity contribution is 0.199. The van der Waals surface area contributed by atoms with Crippen LogP contribution in [0.25, 0.3) is 16.8 Å². The van der Waals surface area contributed by atoms with Gasteiger partial charge in [0, 0.05) is 30.4 Å². The van der Waals surface area contributed by atoms with Gasteiger partial charge in [0.2, 0.25) is 0 Å². The summed E-state index contributed by atoms with van der Waals surface area (Å²) in [7, 11) is 0. The number of likely N-dealkylation sites (tertiary alicyclic amines) is 1. The molecule has 0 aliphatic carbocycles. The highest BCUT2D eigenvalue weighted by molar-refractivity contribution is 5.78. The fourth-order valence-corrected chi connectivity index (χ4v) is 3.63. The molecule has 0 atom stereocenters. The normalized spacial score (nSPS) is 16.1. The van der Waals surface area contributed by atoms with Gasteiger partial charge in [-0.2, -0.15) is 5.10 Å². The number of nitrogens with one attached hydrogen (secondary N) is 1. The molecule has 1 fully saturated rings. The van der Waals surface area contributed by atoms with Crippen LogP contribution in [0.3, 0.4) is 0 Å². The molecular weight excluding hydrogens is 341 g/mol. The highest BCUT2D eigenvalue weighted by atomic mass is 19.1. The summed E-state index contributed by atoms with van der Waals surface area (Å²) in [6.45, 7) is 8.49. The van der Waals surface area contributed by atoms with Gasteiger partial charge in [0.25, 0.3) is 0 Å². The van der Waals surface area contributed by atoms with Crippen molar-refractivity contribution in [2.45, 2.75) is 26.7 Å². The van der Waals surface area contributed by atoms with E-state index in [9.17, 15) is 4.39 Å². The molecule has 6 heteroatoms. The van der Waals surface area contributed by atoms with Gasteiger partial charge >= 0.3 is 0 Å². The molecule has 1 saturated heterocycles. The monoisotopic (exact) mass is 367 g/mol. The van der Waals surface area contributed by atoms with Crippen molar-refractivity contribution in [2.75, 3.05) is 31.5 Å². The maximum Gasteiger partial charge on any atom is 0.165 e. The number of hydrogen-bond donors (Lipinski definition) is 1. The minimum absolute atomic E-state index is 0.255. The molecule has 1 N–H and O–H groups in total. The molecule has 0 radical (unpaired) electrons.